The first-order valence-corrected chi connectivity index (χ1v) is 6.52. The number of carbonyl (C=O) groups excluding carboxylic acids is 1. The maximum Gasteiger partial charge on any atom is 0.307 e. The van der Waals surface area contributed by atoms with Crippen LogP contribution in [0, 0.1) is 0 Å². The van der Waals surface area contributed by atoms with Crippen LogP contribution < -0.4 is 4.74 Å². The molecule has 0 heterocycles. The number of rotatable bonds is 6. The molecule has 106 valence electrons. The van der Waals surface area contributed by atoms with Crippen LogP contribution >= 0.6 is 11.6 Å². The lowest BCUT2D eigenvalue weighted by atomic mass is 10.0. The SMILES string of the molecule is CCOC(=O)CC(c1ccc(OC)c(Cl)c1)N(C)C. The zero-order chi connectivity index (χ0) is 14.4. The molecule has 0 bridgehead atoms. The maximum atomic E-state index is 11.6. The largest absolute Gasteiger partial charge is 0.495 e. The van der Waals surface area contributed by atoms with Crippen molar-refractivity contribution in [3.63, 3.8) is 0 Å². The molecule has 1 aromatic carbocycles. The zero-order valence-electron chi connectivity index (χ0n) is 11.8. The number of carbonyl (C=O) groups is 1. The van der Waals surface area contributed by atoms with E-state index in [1.807, 2.05) is 31.1 Å². The quantitative estimate of drug-likeness (QED) is 0.754. The first-order chi connectivity index (χ1) is 8.99. The Kier molecular flexibility index (Phi) is 6.12. The fourth-order valence-corrected chi connectivity index (χ4v) is 2.13. The fourth-order valence-electron chi connectivity index (χ4n) is 1.87. The maximum absolute atomic E-state index is 11.6. The number of methoxy groups -OCH3 is 1. The van der Waals surface area contributed by atoms with E-state index >= 15 is 0 Å². The fraction of sp³-hybridized carbons (Fsp3) is 0.500. The number of nitrogens with zero attached hydrogens (tertiary/aromatic N) is 1. The molecule has 0 aliphatic heterocycles. The smallest absolute Gasteiger partial charge is 0.307 e. The Labute approximate surface area is 119 Å². The topological polar surface area (TPSA) is 38.8 Å². The summed E-state index contributed by atoms with van der Waals surface area (Å²) in [5.41, 5.74) is 0.962. The van der Waals surface area contributed by atoms with Crippen LogP contribution in [0.25, 0.3) is 0 Å². The second-order valence-electron chi connectivity index (χ2n) is 4.38. The minimum Gasteiger partial charge on any atom is -0.495 e. The summed E-state index contributed by atoms with van der Waals surface area (Å²) in [6.07, 6.45) is 0.295. The van der Waals surface area contributed by atoms with Crippen LogP contribution in [-0.2, 0) is 9.53 Å². The summed E-state index contributed by atoms with van der Waals surface area (Å²) < 4.78 is 10.1. The van der Waals surface area contributed by atoms with Crippen molar-refractivity contribution < 1.29 is 14.3 Å². The van der Waals surface area contributed by atoms with Crippen molar-refractivity contribution in [2.24, 2.45) is 0 Å². The van der Waals surface area contributed by atoms with Gasteiger partial charge in [0.1, 0.15) is 5.75 Å². The van der Waals surface area contributed by atoms with Crippen LogP contribution in [-0.4, -0.2) is 38.7 Å². The van der Waals surface area contributed by atoms with Crippen LogP contribution in [0.5, 0.6) is 5.75 Å². The lowest BCUT2D eigenvalue weighted by Crippen LogP contribution is -2.23. The molecule has 1 aromatic rings. The molecule has 1 rings (SSSR count). The van der Waals surface area contributed by atoms with Crippen molar-refractivity contribution in [1.29, 1.82) is 0 Å². The van der Waals surface area contributed by atoms with Gasteiger partial charge in [0, 0.05) is 6.04 Å². The lowest BCUT2D eigenvalue weighted by Gasteiger charge is -2.24. The van der Waals surface area contributed by atoms with Gasteiger partial charge in [-0.2, -0.15) is 0 Å². The Bertz CT molecular complexity index is 435. The minimum atomic E-state index is -0.215. The first-order valence-electron chi connectivity index (χ1n) is 6.15. The zero-order valence-corrected chi connectivity index (χ0v) is 12.5. The third-order valence-corrected chi connectivity index (χ3v) is 3.14. The van der Waals surface area contributed by atoms with Crippen LogP contribution in [0.15, 0.2) is 18.2 Å². The van der Waals surface area contributed by atoms with E-state index in [1.54, 1.807) is 20.1 Å². The molecule has 0 radical (unpaired) electrons. The van der Waals surface area contributed by atoms with Crippen molar-refractivity contribution in [2.45, 2.75) is 19.4 Å². The van der Waals surface area contributed by atoms with E-state index in [9.17, 15) is 4.79 Å². The lowest BCUT2D eigenvalue weighted by molar-refractivity contribution is -0.144. The van der Waals surface area contributed by atoms with Crippen LogP contribution in [0.4, 0.5) is 0 Å². The molecule has 19 heavy (non-hydrogen) atoms. The van der Waals surface area contributed by atoms with E-state index in [-0.39, 0.29) is 12.0 Å². The highest BCUT2D eigenvalue weighted by Crippen LogP contribution is 2.30. The van der Waals surface area contributed by atoms with Gasteiger partial charge in [0.2, 0.25) is 0 Å². The van der Waals surface area contributed by atoms with Crippen molar-refractivity contribution >= 4 is 17.6 Å². The third kappa shape index (κ3) is 4.40. The molecule has 0 saturated heterocycles. The molecule has 0 saturated carbocycles. The summed E-state index contributed by atoms with van der Waals surface area (Å²) >= 11 is 6.12. The van der Waals surface area contributed by atoms with Crippen LogP contribution in [0.2, 0.25) is 5.02 Å². The second kappa shape index (κ2) is 7.36. The normalized spacial score (nSPS) is 12.3. The number of ether oxygens (including phenoxy) is 2. The number of halogens is 1. The Balaban J connectivity index is 2.93. The van der Waals surface area contributed by atoms with Crippen LogP contribution in [0.1, 0.15) is 24.9 Å². The highest BCUT2D eigenvalue weighted by atomic mass is 35.5. The second-order valence-corrected chi connectivity index (χ2v) is 4.79. The number of esters is 1. The average molecular weight is 286 g/mol. The molecule has 0 amide bonds. The number of hydrogen-bond acceptors (Lipinski definition) is 4. The Morgan fingerprint density at radius 2 is 2.11 bits per heavy atom. The molecule has 1 atom stereocenters. The van der Waals surface area contributed by atoms with Gasteiger partial charge in [-0.05, 0) is 38.7 Å². The molecular weight excluding hydrogens is 266 g/mol. The van der Waals surface area contributed by atoms with E-state index in [4.69, 9.17) is 21.1 Å². The van der Waals surface area contributed by atoms with Gasteiger partial charge in [-0.15, -0.1) is 0 Å². The van der Waals surface area contributed by atoms with Crippen molar-refractivity contribution in [1.82, 2.24) is 4.90 Å². The molecule has 0 fully saturated rings. The summed E-state index contributed by atoms with van der Waals surface area (Å²) in [5.74, 6) is 0.409. The van der Waals surface area contributed by atoms with Gasteiger partial charge in [-0.1, -0.05) is 17.7 Å². The van der Waals surface area contributed by atoms with Gasteiger partial charge >= 0.3 is 5.97 Å². The molecule has 4 nitrogen and oxygen atoms in total. The standard InChI is InChI=1S/C14H20ClNO3/c1-5-19-14(17)9-12(16(2)3)10-6-7-13(18-4)11(15)8-10/h6-8,12H,5,9H2,1-4H3. The molecule has 1 unspecified atom stereocenters. The van der Waals surface area contributed by atoms with Crippen molar-refractivity contribution in [2.75, 3.05) is 27.8 Å². The van der Waals surface area contributed by atoms with E-state index < -0.39 is 0 Å². The molecule has 5 heteroatoms. The van der Waals surface area contributed by atoms with Crippen molar-refractivity contribution in [3.05, 3.63) is 28.8 Å². The third-order valence-electron chi connectivity index (χ3n) is 2.85. The first kappa shape index (κ1) is 15.8. The molecular formula is C14H20ClNO3. The van der Waals surface area contributed by atoms with E-state index in [0.29, 0.717) is 23.8 Å². The predicted molar refractivity (Wildman–Crippen MR) is 75.7 cm³/mol. The van der Waals surface area contributed by atoms with Gasteiger partial charge in [0.15, 0.2) is 0 Å². The average Bonchev–Trinajstić information content (AvgIpc) is 2.36. The van der Waals surface area contributed by atoms with Gasteiger partial charge in [0.25, 0.3) is 0 Å². The van der Waals surface area contributed by atoms with E-state index in [0.717, 1.165) is 5.56 Å². The Morgan fingerprint density at radius 1 is 1.42 bits per heavy atom. The molecule has 0 aliphatic rings. The summed E-state index contributed by atoms with van der Waals surface area (Å²) in [6, 6.07) is 5.47. The molecule has 0 aliphatic carbocycles. The highest BCUT2D eigenvalue weighted by Gasteiger charge is 2.20. The summed E-state index contributed by atoms with van der Waals surface area (Å²) in [4.78, 5) is 13.6. The van der Waals surface area contributed by atoms with Crippen molar-refractivity contribution in [3.8, 4) is 5.75 Å². The Hall–Kier alpha value is -1.26. The number of hydrogen-bond donors (Lipinski definition) is 0. The minimum absolute atomic E-state index is 0.0672. The Morgan fingerprint density at radius 3 is 2.58 bits per heavy atom. The van der Waals surface area contributed by atoms with E-state index in [2.05, 4.69) is 0 Å². The highest BCUT2D eigenvalue weighted by molar-refractivity contribution is 6.32. The monoisotopic (exact) mass is 285 g/mol. The van der Waals surface area contributed by atoms with Gasteiger partial charge in [-0.25, -0.2) is 0 Å². The van der Waals surface area contributed by atoms with Gasteiger partial charge in [0.05, 0.1) is 25.2 Å². The van der Waals surface area contributed by atoms with E-state index in [1.165, 1.54) is 0 Å². The summed E-state index contributed by atoms with van der Waals surface area (Å²) in [6.45, 7) is 2.19. The number of benzene rings is 1. The summed E-state index contributed by atoms with van der Waals surface area (Å²) in [7, 11) is 5.41. The summed E-state index contributed by atoms with van der Waals surface area (Å²) in [5, 5.41) is 0.538. The molecule has 0 aromatic heterocycles. The van der Waals surface area contributed by atoms with Gasteiger partial charge in [-0.3, -0.25) is 4.79 Å². The van der Waals surface area contributed by atoms with Gasteiger partial charge < -0.3 is 14.4 Å². The molecule has 0 N–H and O–H groups in total. The van der Waals surface area contributed by atoms with Crippen LogP contribution in [0.3, 0.4) is 0 Å². The molecule has 0 spiro atoms. The predicted octanol–water partition coefficient (Wildman–Crippen LogP) is 2.90.